The highest BCUT2D eigenvalue weighted by atomic mass is 32.2. The number of hydrogen-bond donors (Lipinski definition) is 1. The summed E-state index contributed by atoms with van der Waals surface area (Å²) in [5.41, 5.74) is 0. The van der Waals surface area contributed by atoms with E-state index in [1.807, 2.05) is 18.7 Å². The predicted molar refractivity (Wildman–Crippen MR) is 86.8 cm³/mol. The van der Waals surface area contributed by atoms with Crippen molar-refractivity contribution in [2.45, 2.75) is 38.9 Å². The van der Waals surface area contributed by atoms with Gasteiger partial charge in [0.05, 0.1) is 6.54 Å². The lowest BCUT2D eigenvalue weighted by Gasteiger charge is -2.39. The molecule has 0 spiro atoms. The second-order valence-corrected chi connectivity index (χ2v) is 7.55. The Labute approximate surface area is 130 Å². The Morgan fingerprint density at radius 1 is 1.52 bits per heavy atom. The summed E-state index contributed by atoms with van der Waals surface area (Å²) in [4.78, 5) is 11.3. The highest BCUT2D eigenvalue weighted by Crippen LogP contribution is 2.29. The molecule has 0 atom stereocenters. The van der Waals surface area contributed by atoms with E-state index in [2.05, 4.69) is 41.1 Å². The molecule has 0 aromatic carbocycles. The summed E-state index contributed by atoms with van der Waals surface area (Å²) in [6, 6.07) is 0. The average molecular weight is 311 g/mol. The number of rotatable bonds is 4. The molecule has 1 N–H and O–H groups in total. The number of aliphatic imine (C=N–C) groups is 1. The first-order chi connectivity index (χ1) is 10.00. The van der Waals surface area contributed by atoms with Gasteiger partial charge < -0.3 is 14.7 Å². The zero-order valence-corrected chi connectivity index (χ0v) is 14.2. The maximum atomic E-state index is 5.12. The minimum absolute atomic E-state index is 0.276. The quantitative estimate of drug-likeness (QED) is 0.674. The summed E-state index contributed by atoms with van der Waals surface area (Å²) >= 11 is 2.03. The lowest BCUT2D eigenvalue weighted by Crippen LogP contribution is -2.51. The summed E-state index contributed by atoms with van der Waals surface area (Å²) in [5.74, 6) is 3.46. The third-order valence-electron chi connectivity index (χ3n) is 3.22. The summed E-state index contributed by atoms with van der Waals surface area (Å²) < 4.78 is 5.39. The maximum Gasteiger partial charge on any atom is 0.228 e. The lowest BCUT2D eigenvalue weighted by molar-refractivity contribution is 0.370. The minimum atomic E-state index is 0.276. The molecule has 1 aliphatic heterocycles. The average Bonchev–Trinajstić information content (AvgIpc) is 2.82. The number of nitrogens with one attached hydrogen (secondary N) is 1. The fraction of sp³-hybridized carbons (Fsp3) is 0.786. The number of guanidine groups is 1. The fourth-order valence-electron chi connectivity index (χ4n) is 2.32. The minimum Gasteiger partial charge on any atom is -0.357 e. The third-order valence-corrected chi connectivity index (χ3v) is 4.51. The van der Waals surface area contributed by atoms with Crippen molar-refractivity contribution in [1.82, 2.24) is 20.4 Å². The first-order valence-corrected chi connectivity index (χ1v) is 8.45. The Kier molecular flexibility index (Phi) is 5.50. The summed E-state index contributed by atoms with van der Waals surface area (Å²) in [6.07, 6.45) is 0.682. The van der Waals surface area contributed by atoms with Crippen molar-refractivity contribution in [3.8, 4) is 0 Å². The van der Waals surface area contributed by atoms with E-state index in [0.29, 0.717) is 24.7 Å². The maximum absolute atomic E-state index is 5.12. The van der Waals surface area contributed by atoms with Gasteiger partial charge in [-0.15, -0.1) is 0 Å². The van der Waals surface area contributed by atoms with Gasteiger partial charge in [-0.1, -0.05) is 5.16 Å². The topological polar surface area (TPSA) is 66.5 Å². The number of hydrogen-bond acceptors (Lipinski definition) is 5. The van der Waals surface area contributed by atoms with Crippen LogP contribution in [0.5, 0.6) is 0 Å². The van der Waals surface area contributed by atoms with Gasteiger partial charge in [-0.3, -0.25) is 4.99 Å². The summed E-state index contributed by atoms with van der Waals surface area (Å²) in [5, 5.41) is 7.18. The highest BCUT2D eigenvalue weighted by molar-refractivity contribution is 8.00. The number of aromatic nitrogens is 2. The van der Waals surface area contributed by atoms with Crippen LogP contribution in [0.15, 0.2) is 9.52 Å². The highest BCUT2D eigenvalue weighted by Gasteiger charge is 2.28. The van der Waals surface area contributed by atoms with E-state index in [9.17, 15) is 0 Å². The lowest BCUT2D eigenvalue weighted by atomic mass is 10.2. The molecule has 2 rings (SSSR count). The molecule has 1 aliphatic rings. The molecule has 7 heteroatoms. The molecule has 0 radical (unpaired) electrons. The van der Waals surface area contributed by atoms with Gasteiger partial charge in [-0.05, 0) is 27.7 Å². The molecule has 0 amide bonds. The Balaban J connectivity index is 1.95. The molecule has 1 saturated heterocycles. The Bertz CT molecular complexity index is 485. The molecule has 21 heavy (non-hydrogen) atoms. The molecule has 0 aliphatic carbocycles. The van der Waals surface area contributed by atoms with Crippen LogP contribution in [0, 0.1) is 6.92 Å². The van der Waals surface area contributed by atoms with Crippen LogP contribution < -0.4 is 5.32 Å². The fourth-order valence-corrected chi connectivity index (χ4v) is 3.43. The molecule has 1 aromatic heterocycles. The molecule has 0 saturated carbocycles. The molecule has 2 heterocycles. The van der Waals surface area contributed by atoms with Crippen LogP contribution in [-0.2, 0) is 6.42 Å². The Morgan fingerprint density at radius 3 is 2.95 bits per heavy atom. The van der Waals surface area contributed by atoms with Gasteiger partial charge in [0.15, 0.2) is 11.8 Å². The number of aryl methyl sites for hydroxylation is 1. The van der Waals surface area contributed by atoms with Crippen LogP contribution in [0.1, 0.15) is 32.5 Å². The van der Waals surface area contributed by atoms with Gasteiger partial charge in [0.25, 0.3) is 0 Å². The first-order valence-electron chi connectivity index (χ1n) is 7.46. The molecular weight excluding hydrogens is 286 g/mol. The van der Waals surface area contributed by atoms with Crippen LogP contribution in [-0.4, -0.2) is 57.7 Å². The molecule has 1 aromatic rings. The second-order valence-electron chi connectivity index (χ2n) is 5.75. The summed E-state index contributed by atoms with van der Waals surface area (Å²) in [7, 11) is 0. The van der Waals surface area contributed by atoms with Gasteiger partial charge in [-0.25, -0.2) is 0 Å². The van der Waals surface area contributed by atoms with E-state index in [-0.39, 0.29) is 4.75 Å². The van der Waals surface area contributed by atoms with E-state index in [0.717, 1.165) is 31.3 Å². The predicted octanol–water partition coefficient (Wildman–Crippen LogP) is 1.71. The molecule has 6 nitrogen and oxygen atoms in total. The van der Waals surface area contributed by atoms with Gasteiger partial charge >= 0.3 is 0 Å². The zero-order valence-electron chi connectivity index (χ0n) is 13.3. The van der Waals surface area contributed by atoms with Crippen LogP contribution in [0.25, 0.3) is 0 Å². The third kappa shape index (κ3) is 4.91. The van der Waals surface area contributed by atoms with Crippen molar-refractivity contribution >= 4 is 17.7 Å². The number of thioether (sulfide) groups is 1. The van der Waals surface area contributed by atoms with Crippen molar-refractivity contribution < 1.29 is 4.52 Å². The molecule has 0 bridgehead atoms. The molecule has 0 unspecified atom stereocenters. The van der Waals surface area contributed by atoms with Crippen molar-refractivity contribution in [2.24, 2.45) is 4.99 Å². The molecule has 118 valence electrons. The van der Waals surface area contributed by atoms with Crippen molar-refractivity contribution in [1.29, 1.82) is 0 Å². The van der Waals surface area contributed by atoms with Gasteiger partial charge in [0.1, 0.15) is 0 Å². The standard InChI is InChI=1S/C14H25N5OS/c1-5-15-13(19-8-9-21-14(3,4)10-19)16-7-6-12-17-11(2)18-20-12/h5-10H2,1-4H3,(H,15,16). The van der Waals surface area contributed by atoms with Gasteiger partial charge in [0, 0.05) is 36.6 Å². The normalized spacial score (nSPS) is 18.9. The van der Waals surface area contributed by atoms with Crippen molar-refractivity contribution in [3.63, 3.8) is 0 Å². The largest absolute Gasteiger partial charge is 0.357 e. The van der Waals surface area contributed by atoms with E-state index in [1.165, 1.54) is 0 Å². The van der Waals surface area contributed by atoms with E-state index >= 15 is 0 Å². The first kappa shape index (κ1) is 16.1. The SMILES string of the molecule is CCNC(=NCCc1nc(C)no1)N1CCSC(C)(C)C1. The second kappa shape index (κ2) is 7.15. The molecular formula is C14H25N5OS. The van der Waals surface area contributed by atoms with Crippen LogP contribution in [0.4, 0.5) is 0 Å². The molecule has 1 fully saturated rings. The smallest absolute Gasteiger partial charge is 0.228 e. The van der Waals surface area contributed by atoms with E-state index in [4.69, 9.17) is 9.52 Å². The zero-order chi connectivity index (χ0) is 15.3. The van der Waals surface area contributed by atoms with Crippen LogP contribution in [0.3, 0.4) is 0 Å². The van der Waals surface area contributed by atoms with Crippen LogP contribution in [0.2, 0.25) is 0 Å². The monoisotopic (exact) mass is 311 g/mol. The van der Waals surface area contributed by atoms with Crippen LogP contribution >= 0.6 is 11.8 Å². The Hall–Kier alpha value is -1.24. The van der Waals surface area contributed by atoms with Crippen molar-refractivity contribution in [2.75, 3.05) is 31.9 Å². The van der Waals surface area contributed by atoms with E-state index in [1.54, 1.807) is 0 Å². The summed E-state index contributed by atoms with van der Waals surface area (Å²) in [6.45, 7) is 12.1. The van der Waals surface area contributed by atoms with Gasteiger partial charge in [0.2, 0.25) is 5.89 Å². The Morgan fingerprint density at radius 2 is 2.33 bits per heavy atom. The number of nitrogens with zero attached hydrogens (tertiary/aromatic N) is 4. The van der Waals surface area contributed by atoms with Gasteiger partial charge in [-0.2, -0.15) is 16.7 Å². The van der Waals surface area contributed by atoms with E-state index < -0.39 is 0 Å². The van der Waals surface area contributed by atoms with Crippen molar-refractivity contribution in [3.05, 3.63) is 11.7 Å².